The highest BCUT2D eigenvalue weighted by Crippen LogP contribution is 2.28. The molecule has 2 unspecified atom stereocenters. The summed E-state index contributed by atoms with van der Waals surface area (Å²) in [5, 5.41) is 3.03. The van der Waals surface area contributed by atoms with Crippen LogP contribution in [0, 0.1) is 5.92 Å². The summed E-state index contributed by atoms with van der Waals surface area (Å²) in [5.41, 5.74) is 1.64. The molecule has 0 heterocycles. The second kappa shape index (κ2) is 19.2. The second-order valence-corrected chi connectivity index (χ2v) is 11.5. The Hall–Kier alpha value is -4.53. The van der Waals surface area contributed by atoms with Crippen LogP contribution in [0.2, 0.25) is 0 Å². The highest BCUT2D eigenvalue weighted by molar-refractivity contribution is 6.00. The lowest BCUT2D eigenvalue weighted by atomic mass is 9.84. The minimum atomic E-state index is -0.514. The molecule has 252 valence electrons. The molecule has 0 bridgehead atoms. The van der Waals surface area contributed by atoms with Crippen LogP contribution in [-0.2, 0) is 20.7 Å². The van der Waals surface area contributed by atoms with Crippen LogP contribution in [0.1, 0.15) is 85.1 Å². The number of ether oxygens (including phenoxy) is 5. The van der Waals surface area contributed by atoms with Gasteiger partial charge in [-0.2, -0.15) is 0 Å². The summed E-state index contributed by atoms with van der Waals surface area (Å²) in [7, 11) is 0. The van der Waals surface area contributed by atoms with Gasteiger partial charge >= 0.3 is 11.9 Å². The fourth-order valence-electron chi connectivity index (χ4n) is 5.57. The lowest BCUT2D eigenvalue weighted by Gasteiger charge is -2.30. The zero-order valence-corrected chi connectivity index (χ0v) is 27.5. The number of hydrogen-bond acceptors (Lipinski definition) is 8. The summed E-state index contributed by atoms with van der Waals surface area (Å²) in [6.07, 6.45) is 6.47. The predicted octanol–water partition coefficient (Wildman–Crippen LogP) is 6.96. The van der Waals surface area contributed by atoms with Crippen LogP contribution in [0.3, 0.4) is 0 Å². The number of carbonyl (C=O) groups excluding carboxylic acids is 3. The van der Waals surface area contributed by atoms with Crippen LogP contribution < -0.4 is 19.5 Å². The van der Waals surface area contributed by atoms with Gasteiger partial charge in [-0.25, -0.2) is 4.79 Å². The van der Waals surface area contributed by atoms with Crippen molar-refractivity contribution < 1.29 is 38.1 Å². The molecule has 1 saturated carbocycles. The molecule has 0 saturated heterocycles. The molecule has 47 heavy (non-hydrogen) atoms. The van der Waals surface area contributed by atoms with Crippen LogP contribution >= 0.6 is 0 Å². The molecule has 1 aliphatic carbocycles. The fraction of sp³-hybridized carbons (Fsp3) is 0.447. The molecular formula is C38H47NO8. The number of hydrogen-bond donors (Lipinski definition) is 1. The average Bonchev–Trinajstić information content (AvgIpc) is 3.09. The van der Waals surface area contributed by atoms with E-state index in [1.54, 1.807) is 26.0 Å². The SMILES string of the molecule is CCOC(=O)c1ccc(OCCCc2ccc(OCCCCOc3ccccc3)cc2)c(C(=O)NC2CCCCC2C(=O)OCC)c1. The van der Waals surface area contributed by atoms with E-state index in [0.29, 0.717) is 45.0 Å². The third kappa shape index (κ3) is 11.3. The van der Waals surface area contributed by atoms with E-state index in [2.05, 4.69) is 5.32 Å². The minimum absolute atomic E-state index is 0.222. The molecule has 0 spiro atoms. The first-order chi connectivity index (χ1) is 23.0. The normalized spacial score (nSPS) is 15.7. The Balaban J connectivity index is 1.26. The number of para-hydroxylation sites is 1. The van der Waals surface area contributed by atoms with Gasteiger partial charge in [0, 0.05) is 6.04 Å². The van der Waals surface area contributed by atoms with Crippen molar-refractivity contribution in [2.75, 3.05) is 33.0 Å². The number of rotatable bonds is 18. The fourth-order valence-corrected chi connectivity index (χ4v) is 5.57. The van der Waals surface area contributed by atoms with E-state index in [-0.39, 0.29) is 29.7 Å². The van der Waals surface area contributed by atoms with E-state index in [9.17, 15) is 14.4 Å². The number of unbranched alkanes of at least 4 members (excludes halogenated alkanes) is 1. The number of nitrogens with one attached hydrogen (secondary N) is 1. The molecule has 1 aliphatic rings. The topological polar surface area (TPSA) is 109 Å². The van der Waals surface area contributed by atoms with Gasteiger partial charge in [-0.15, -0.1) is 0 Å². The first kappa shape index (κ1) is 35.3. The number of carbonyl (C=O) groups is 3. The van der Waals surface area contributed by atoms with Gasteiger partial charge < -0.3 is 29.0 Å². The van der Waals surface area contributed by atoms with Gasteiger partial charge in [0.2, 0.25) is 0 Å². The highest BCUT2D eigenvalue weighted by atomic mass is 16.5. The summed E-state index contributed by atoms with van der Waals surface area (Å²) in [6, 6.07) is 22.2. The van der Waals surface area contributed by atoms with E-state index in [4.69, 9.17) is 23.7 Å². The molecule has 0 aromatic heterocycles. The molecule has 1 amide bonds. The molecular weight excluding hydrogens is 598 g/mol. The Bertz CT molecular complexity index is 1410. The van der Waals surface area contributed by atoms with Crippen LogP contribution in [0.5, 0.6) is 17.2 Å². The van der Waals surface area contributed by atoms with Crippen molar-refractivity contribution in [2.24, 2.45) is 5.92 Å². The van der Waals surface area contributed by atoms with Gasteiger partial charge in [-0.3, -0.25) is 9.59 Å². The van der Waals surface area contributed by atoms with Gasteiger partial charge in [0.25, 0.3) is 5.91 Å². The van der Waals surface area contributed by atoms with E-state index in [1.807, 2.05) is 54.6 Å². The molecule has 9 nitrogen and oxygen atoms in total. The predicted molar refractivity (Wildman–Crippen MR) is 179 cm³/mol. The molecule has 3 aromatic carbocycles. The third-order valence-corrected chi connectivity index (χ3v) is 8.02. The summed E-state index contributed by atoms with van der Waals surface area (Å²) in [6.45, 7) is 5.67. The Morgan fingerprint density at radius 3 is 2.09 bits per heavy atom. The molecule has 3 aromatic rings. The standard InChI is InChI=1S/C38H47NO8/c1-3-43-37(41)29-20-23-35(33(27-29)36(40)39-34-17-9-8-16-32(34)38(42)44-4-2)47-26-12-13-28-18-21-31(22-19-28)46-25-11-10-24-45-30-14-6-5-7-15-30/h5-7,14-15,18-23,27,32,34H,3-4,8-13,16-17,24-26H2,1-2H3,(H,39,40). The summed E-state index contributed by atoms with van der Waals surface area (Å²) in [5.74, 6) is 0.477. The summed E-state index contributed by atoms with van der Waals surface area (Å²) < 4.78 is 28.1. The number of esters is 2. The van der Waals surface area contributed by atoms with Crippen molar-refractivity contribution in [3.05, 3.63) is 89.5 Å². The average molecular weight is 646 g/mol. The maximum absolute atomic E-state index is 13.6. The van der Waals surface area contributed by atoms with Gasteiger partial charge in [0.05, 0.1) is 50.1 Å². The van der Waals surface area contributed by atoms with Crippen molar-refractivity contribution in [3.8, 4) is 17.2 Å². The lowest BCUT2D eigenvalue weighted by molar-refractivity contribution is -0.150. The van der Waals surface area contributed by atoms with Gasteiger partial charge in [-0.05, 0) is 100 Å². The van der Waals surface area contributed by atoms with E-state index in [1.165, 1.54) is 6.07 Å². The number of benzene rings is 3. The Kier molecular flexibility index (Phi) is 14.4. The molecule has 2 atom stereocenters. The van der Waals surface area contributed by atoms with Gasteiger partial charge in [0.1, 0.15) is 17.2 Å². The van der Waals surface area contributed by atoms with Crippen molar-refractivity contribution >= 4 is 17.8 Å². The molecule has 0 radical (unpaired) electrons. The quantitative estimate of drug-likeness (QED) is 0.117. The zero-order chi connectivity index (χ0) is 33.3. The number of amides is 1. The van der Waals surface area contributed by atoms with Crippen molar-refractivity contribution in [1.82, 2.24) is 5.32 Å². The maximum atomic E-state index is 13.6. The third-order valence-electron chi connectivity index (χ3n) is 8.02. The minimum Gasteiger partial charge on any atom is -0.494 e. The maximum Gasteiger partial charge on any atom is 0.338 e. The zero-order valence-electron chi connectivity index (χ0n) is 27.5. The monoisotopic (exact) mass is 645 g/mol. The number of aryl methyl sites for hydroxylation is 1. The Morgan fingerprint density at radius 2 is 1.38 bits per heavy atom. The van der Waals surface area contributed by atoms with Crippen molar-refractivity contribution in [1.29, 1.82) is 0 Å². The van der Waals surface area contributed by atoms with Crippen LogP contribution in [0.25, 0.3) is 0 Å². The first-order valence-electron chi connectivity index (χ1n) is 16.8. The Morgan fingerprint density at radius 1 is 0.723 bits per heavy atom. The van der Waals surface area contributed by atoms with Crippen LogP contribution in [-0.4, -0.2) is 56.9 Å². The van der Waals surface area contributed by atoms with Crippen LogP contribution in [0.15, 0.2) is 72.8 Å². The summed E-state index contributed by atoms with van der Waals surface area (Å²) in [4.78, 5) is 38.6. The summed E-state index contributed by atoms with van der Waals surface area (Å²) >= 11 is 0. The molecule has 9 heteroatoms. The lowest BCUT2D eigenvalue weighted by Crippen LogP contribution is -2.45. The molecule has 1 N–H and O–H groups in total. The van der Waals surface area contributed by atoms with Crippen LogP contribution in [0.4, 0.5) is 0 Å². The van der Waals surface area contributed by atoms with Crippen molar-refractivity contribution in [2.45, 2.75) is 71.3 Å². The second-order valence-electron chi connectivity index (χ2n) is 11.5. The molecule has 4 rings (SSSR count). The first-order valence-corrected chi connectivity index (χ1v) is 16.8. The van der Waals surface area contributed by atoms with Gasteiger partial charge in [-0.1, -0.05) is 43.2 Å². The molecule has 1 fully saturated rings. The molecule has 0 aliphatic heterocycles. The van der Waals surface area contributed by atoms with Crippen molar-refractivity contribution in [3.63, 3.8) is 0 Å². The smallest absolute Gasteiger partial charge is 0.338 e. The van der Waals surface area contributed by atoms with E-state index >= 15 is 0 Å². The Labute approximate surface area is 277 Å². The van der Waals surface area contributed by atoms with E-state index < -0.39 is 17.8 Å². The largest absolute Gasteiger partial charge is 0.494 e. The highest BCUT2D eigenvalue weighted by Gasteiger charge is 2.34. The van der Waals surface area contributed by atoms with E-state index in [0.717, 1.165) is 55.6 Å². The van der Waals surface area contributed by atoms with Gasteiger partial charge in [0.15, 0.2) is 0 Å².